The van der Waals surface area contributed by atoms with E-state index >= 15 is 0 Å². The number of nitrogens with zero attached hydrogens (tertiary/aromatic N) is 2. The summed E-state index contributed by atoms with van der Waals surface area (Å²) in [5, 5.41) is 1.72. The van der Waals surface area contributed by atoms with E-state index in [2.05, 4.69) is 52.7 Å². The molecule has 1 aromatic heterocycles. The number of benzene rings is 1. The molecule has 0 bridgehead atoms. The van der Waals surface area contributed by atoms with Gasteiger partial charge >= 0.3 is 0 Å². The average molecular weight is 322 g/mol. The van der Waals surface area contributed by atoms with Crippen LogP contribution in [0.4, 0.5) is 0 Å². The van der Waals surface area contributed by atoms with E-state index in [0.717, 1.165) is 21.7 Å². The van der Waals surface area contributed by atoms with Crippen LogP contribution >= 0.6 is 43.6 Å². The second-order valence-electron chi connectivity index (χ2n) is 2.64. The Hall–Kier alpha value is -0.000000000000000111. The first-order chi connectivity index (χ1) is 6.35. The zero-order valence-electron chi connectivity index (χ0n) is 6.63. The lowest BCUT2D eigenvalue weighted by molar-refractivity contribution is 1.31. The Labute approximate surface area is 96.9 Å². The van der Waals surface area contributed by atoms with Crippen LogP contribution in [0.3, 0.4) is 0 Å². The molecule has 0 aliphatic rings. The number of fused-ring (bicyclic) bond motifs is 1. The maximum atomic E-state index is 4.20. The number of rotatable bonds is 2. The lowest BCUT2D eigenvalue weighted by Gasteiger charge is -2.02. The van der Waals surface area contributed by atoms with Crippen molar-refractivity contribution in [3.63, 3.8) is 0 Å². The van der Waals surface area contributed by atoms with Crippen molar-refractivity contribution in [3.05, 3.63) is 23.3 Å². The fourth-order valence-corrected chi connectivity index (χ4v) is 2.72. The minimum absolute atomic E-state index is 0.862. The smallest absolute Gasteiger partial charge is 0.105 e. The van der Waals surface area contributed by atoms with Crippen molar-refractivity contribution < 1.29 is 0 Å². The summed E-state index contributed by atoms with van der Waals surface area (Å²) >= 11 is 8.18. The van der Waals surface area contributed by atoms with Crippen LogP contribution < -0.4 is 0 Å². The highest BCUT2D eigenvalue weighted by Gasteiger charge is 2.05. The molecule has 0 saturated heterocycles. The molecule has 2 aromatic rings. The molecule has 0 amide bonds. The average Bonchev–Trinajstić information content (AvgIpc) is 2.62. The van der Waals surface area contributed by atoms with Gasteiger partial charge in [-0.15, -0.1) is 0 Å². The molecule has 0 aliphatic heterocycles. The topological polar surface area (TPSA) is 25.8 Å². The summed E-state index contributed by atoms with van der Waals surface area (Å²) in [4.78, 5) is 0. The van der Waals surface area contributed by atoms with Gasteiger partial charge in [0.2, 0.25) is 0 Å². The van der Waals surface area contributed by atoms with Crippen molar-refractivity contribution in [3.8, 4) is 0 Å². The highest BCUT2D eigenvalue weighted by molar-refractivity contribution is 9.09. The van der Waals surface area contributed by atoms with Gasteiger partial charge in [0.15, 0.2) is 0 Å². The van der Waals surface area contributed by atoms with Crippen molar-refractivity contribution >= 4 is 54.6 Å². The molecule has 0 aliphatic carbocycles. The van der Waals surface area contributed by atoms with Gasteiger partial charge in [-0.25, -0.2) is 0 Å². The predicted octanol–water partition coefficient (Wildman–Crippen LogP) is 3.48. The van der Waals surface area contributed by atoms with Crippen molar-refractivity contribution in [2.24, 2.45) is 0 Å². The first kappa shape index (κ1) is 9.55. The molecule has 2 rings (SSSR count). The van der Waals surface area contributed by atoms with Gasteiger partial charge in [0.25, 0.3) is 0 Å². The van der Waals surface area contributed by atoms with Crippen LogP contribution in [0, 0.1) is 0 Å². The molecule has 2 nitrogen and oxygen atoms in total. The van der Waals surface area contributed by atoms with Crippen LogP contribution in [-0.2, 0) is 10.7 Å². The van der Waals surface area contributed by atoms with E-state index in [0.29, 0.717) is 0 Å². The third-order valence-electron chi connectivity index (χ3n) is 1.86. The zero-order valence-corrected chi connectivity index (χ0v) is 10.6. The second kappa shape index (κ2) is 4.02. The number of alkyl halides is 2. The molecule has 0 radical (unpaired) electrons. The third-order valence-corrected chi connectivity index (χ3v) is 3.63. The number of hydrogen-bond acceptors (Lipinski definition) is 3. The number of halogens is 2. The molecule has 1 aromatic carbocycles. The van der Waals surface area contributed by atoms with Crippen molar-refractivity contribution in [1.82, 2.24) is 8.75 Å². The maximum absolute atomic E-state index is 4.20. The van der Waals surface area contributed by atoms with E-state index in [1.165, 1.54) is 22.9 Å². The summed E-state index contributed by atoms with van der Waals surface area (Å²) in [7, 11) is 0. The van der Waals surface area contributed by atoms with E-state index in [-0.39, 0.29) is 0 Å². The summed E-state index contributed by atoms with van der Waals surface area (Å²) in [6.07, 6.45) is 0. The number of hydrogen-bond donors (Lipinski definition) is 0. The van der Waals surface area contributed by atoms with Crippen LogP contribution in [0.1, 0.15) is 11.1 Å². The summed E-state index contributed by atoms with van der Waals surface area (Å²) in [6.45, 7) is 0. The predicted molar refractivity (Wildman–Crippen MR) is 62.7 cm³/mol. The lowest BCUT2D eigenvalue weighted by atomic mass is 10.1. The van der Waals surface area contributed by atoms with Crippen LogP contribution in [0.25, 0.3) is 11.0 Å². The minimum atomic E-state index is 0.862. The van der Waals surface area contributed by atoms with Crippen LogP contribution in [0.5, 0.6) is 0 Å². The third kappa shape index (κ3) is 1.78. The molecular formula is C8H6Br2N2S. The van der Waals surface area contributed by atoms with Gasteiger partial charge in [-0.3, -0.25) is 0 Å². The second-order valence-corrected chi connectivity index (χ2v) is 4.29. The maximum Gasteiger partial charge on any atom is 0.105 e. The highest BCUT2D eigenvalue weighted by atomic mass is 79.9. The Balaban J connectivity index is 2.67. The molecule has 13 heavy (non-hydrogen) atoms. The summed E-state index contributed by atoms with van der Waals surface area (Å²) in [5.41, 5.74) is 4.53. The molecule has 0 fully saturated rings. The standard InChI is InChI=1S/C8H6Br2N2S/c9-3-5-1-7-8(12-13-11-7)2-6(5)4-10/h1-2H,3-4H2. The zero-order chi connectivity index (χ0) is 9.26. The van der Waals surface area contributed by atoms with Gasteiger partial charge in [-0.1, -0.05) is 31.9 Å². The van der Waals surface area contributed by atoms with Gasteiger partial charge < -0.3 is 0 Å². The van der Waals surface area contributed by atoms with Crippen LogP contribution in [0.15, 0.2) is 12.1 Å². The van der Waals surface area contributed by atoms with Crippen molar-refractivity contribution in [2.75, 3.05) is 0 Å². The van der Waals surface area contributed by atoms with Gasteiger partial charge in [-0.2, -0.15) is 8.75 Å². The van der Waals surface area contributed by atoms with E-state index in [1.54, 1.807) is 0 Å². The Kier molecular flexibility index (Phi) is 2.96. The molecule has 5 heteroatoms. The normalized spacial score (nSPS) is 10.9. The quantitative estimate of drug-likeness (QED) is 0.791. The lowest BCUT2D eigenvalue weighted by Crippen LogP contribution is -1.87. The monoisotopic (exact) mass is 320 g/mol. The van der Waals surface area contributed by atoms with E-state index in [4.69, 9.17) is 0 Å². The molecule has 0 N–H and O–H groups in total. The van der Waals surface area contributed by atoms with E-state index in [9.17, 15) is 0 Å². The Morgan fingerprint density at radius 1 is 1.00 bits per heavy atom. The number of aromatic nitrogens is 2. The van der Waals surface area contributed by atoms with Crippen molar-refractivity contribution in [2.45, 2.75) is 10.7 Å². The first-order valence-corrected chi connectivity index (χ1v) is 6.68. The van der Waals surface area contributed by atoms with E-state index in [1.807, 2.05) is 0 Å². The Morgan fingerprint density at radius 2 is 1.46 bits per heavy atom. The largest absolute Gasteiger partial charge is 0.173 e. The van der Waals surface area contributed by atoms with Gasteiger partial charge in [0.05, 0.1) is 11.7 Å². The van der Waals surface area contributed by atoms with Gasteiger partial charge in [0, 0.05) is 10.7 Å². The Bertz CT molecular complexity index is 389. The molecule has 0 spiro atoms. The minimum Gasteiger partial charge on any atom is -0.173 e. The van der Waals surface area contributed by atoms with Crippen LogP contribution in [0.2, 0.25) is 0 Å². The molecule has 0 atom stereocenters. The summed E-state index contributed by atoms with van der Waals surface area (Å²) in [6, 6.07) is 4.17. The SMILES string of the molecule is BrCc1cc2nsnc2cc1CBr. The van der Waals surface area contributed by atoms with Crippen LogP contribution in [-0.4, -0.2) is 8.75 Å². The highest BCUT2D eigenvalue weighted by Crippen LogP contribution is 2.22. The fourth-order valence-electron chi connectivity index (χ4n) is 1.17. The molecule has 0 unspecified atom stereocenters. The fraction of sp³-hybridized carbons (Fsp3) is 0.250. The summed E-state index contributed by atoms with van der Waals surface area (Å²) < 4.78 is 8.39. The van der Waals surface area contributed by atoms with Gasteiger partial charge in [-0.05, 0) is 23.3 Å². The van der Waals surface area contributed by atoms with Gasteiger partial charge in [0.1, 0.15) is 11.0 Å². The van der Waals surface area contributed by atoms with E-state index < -0.39 is 0 Å². The summed E-state index contributed by atoms with van der Waals surface area (Å²) in [5.74, 6) is 0. The Morgan fingerprint density at radius 3 is 1.85 bits per heavy atom. The molecular weight excluding hydrogens is 316 g/mol. The van der Waals surface area contributed by atoms with Crippen molar-refractivity contribution in [1.29, 1.82) is 0 Å². The molecule has 0 saturated carbocycles. The molecule has 68 valence electrons. The molecule has 1 heterocycles. The first-order valence-electron chi connectivity index (χ1n) is 3.71.